The highest BCUT2D eigenvalue weighted by Gasteiger charge is 2.26. The minimum atomic E-state index is -4.42. The van der Waals surface area contributed by atoms with Crippen molar-refractivity contribution in [1.82, 2.24) is 0 Å². The van der Waals surface area contributed by atoms with Gasteiger partial charge >= 0.3 is 19.8 Å². The lowest BCUT2D eigenvalue weighted by Gasteiger charge is -2.19. The number of phosphoric ester groups is 1. The summed E-state index contributed by atoms with van der Waals surface area (Å²) < 4.78 is 32.7. The molecular formula is C49H86NO10P. The average molecular weight is 880 g/mol. The summed E-state index contributed by atoms with van der Waals surface area (Å²) in [5.41, 5.74) is 5.35. The number of hydrogen-bond acceptors (Lipinski definition) is 10. The zero-order valence-electron chi connectivity index (χ0n) is 38.1. The van der Waals surface area contributed by atoms with Gasteiger partial charge in [-0.3, -0.25) is 18.6 Å². The second kappa shape index (κ2) is 44.0. The second-order valence-electron chi connectivity index (χ2n) is 15.7. The number of ether oxygens (including phenoxy) is 2. The van der Waals surface area contributed by atoms with Gasteiger partial charge in [-0.2, -0.15) is 0 Å². The summed E-state index contributed by atoms with van der Waals surface area (Å²) in [7, 11) is -4.42. The van der Waals surface area contributed by atoms with E-state index in [0.717, 1.165) is 25.7 Å². The molecule has 12 heteroatoms. The number of carbonyl (C=O) groups is 2. The summed E-state index contributed by atoms with van der Waals surface area (Å²) in [6, 6.07) is 0. The number of hydrogen-bond donors (Lipinski definition) is 4. The molecule has 0 rings (SSSR count). The van der Waals surface area contributed by atoms with Crippen LogP contribution in [0.2, 0.25) is 0 Å². The van der Waals surface area contributed by atoms with Crippen LogP contribution in [0.25, 0.3) is 0 Å². The zero-order valence-corrected chi connectivity index (χ0v) is 39.0. The topological polar surface area (TPSA) is 175 Å². The third-order valence-electron chi connectivity index (χ3n) is 9.79. The van der Waals surface area contributed by atoms with E-state index < -0.39 is 44.7 Å². The summed E-state index contributed by atoms with van der Waals surface area (Å²) in [6.07, 6.45) is 47.3. The van der Waals surface area contributed by atoms with Crippen LogP contribution in [0.4, 0.5) is 0 Å². The Kier molecular flexibility index (Phi) is 42.1. The van der Waals surface area contributed by atoms with Crippen molar-refractivity contribution in [3.05, 3.63) is 72.9 Å². The molecule has 61 heavy (non-hydrogen) atoms. The SMILES string of the molecule is CC/C=C\C[C@@H](O)/C=C/C=C\C=C\[C@@H](O)C/C=C\C/C=C\CCC(=O)OC[C@H](COP(=O)(O)OCCN)OC(=O)CCCCCCCCCCCCCCCCCCCCC. The lowest BCUT2D eigenvalue weighted by atomic mass is 10.0. The minimum Gasteiger partial charge on any atom is -0.462 e. The van der Waals surface area contributed by atoms with Crippen LogP contribution in [0.1, 0.15) is 181 Å². The Hall–Kier alpha value is -2.63. The van der Waals surface area contributed by atoms with Gasteiger partial charge < -0.3 is 30.3 Å². The quantitative estimate of drug-likeness (QED) is 0.0151. The lowest BCUT2D eigenvalue weighted by molar-refractivity contribution is -0.161. The van der Waals surface area contributed by atoms with Gasteiger partial charge in [0.1, 0.15) is 6.61 Å². The number of esters is 2. The van der Waals surface area contributed by atoms with Crippen molar-refractivity contribution in [2.45, 2.75) is 199 Å². The predicted molar refractivity (Wildman–Crippen MR) is 250 cm³/mol. The molecule has 0 aromatic carbocycles. The Bertz CT molecular complexity index is 1260. The third kappa shape index (κ3) is 43.8. The van der Waals surface area contributed by atoms with Crippen molar-refractivity contribution < 1.29 is 47.8 Å². The maximum absolute atomic E-state index is 12.6. The van der Waals surface area contributed by atoms with E-state index in [4.69, 9.17) is 24.3 Å². The molecule has 0 aliphatic heterocycles. The highest BCUT2D eigenvalue weighted by atomic mass is 31.2. The molecule has 0 spiro atoms. The van der Waals surface area contributed by atoms with E-state index in [2.05, 4.69) is 6.92 Å². The monoisotopic (exact) mass is 880 g/mol. The van der Waals surface area contributed by atoms with E-state index in [1.807, 2.05) is 43.4 Å². The first kappa shape index (κ1) is 58.4. The number of allylic oxidation sites excluding steroid dienone is 8. The van der Waals surface area contributed by atoms with Crippen LogP contribution in [0.5, 0.6) is 0 Å². The summed E-state index contributed by atoms with van der Waals surface area (Å²) in [4.78, 5) is 34.9. The van der Waals surface area contributed by atoms with Gasteiger partial charge in [0.25, 0.3) is 0 Å². The van der Waals surface area contributed by atoms with Crippen LogP contribution < -0.4 is 5.73 Å². The number of aliphatic hydroxyl groups excluding tert-OH is 2. The molecule has 0 aliphatic rings. The summed E-state index contributed by atoms with van der Waals surface area (Å²) >= 11 is 0. The van der Waals surface area contributed by atoms with Crippen LogP contribution >= 0.6 is 7.82 Å². The summed E-state index contributed by atoms with van der Waals surface area (Å²) in [5, 5.41) is 20.0. The van der Waals surface area contributed by atoms with Crippen molar-refractivity contribution >= 4 is 19.8 Å². The molecule has 11 nitrogen and oxygen atoms in total. The van der Waals surface area contributed by atoms with Gasteiger partial charge in [0, 0.05) is 19.4 Å². The number of unbranched alkanes of at least 4 members (excludes halogenated alkanes) is 18. The molecule has 0 aromatic rings. The van der Waals surface area contributed by atoms with Crippen LogP contribution in [-0.2, 0) is 32.7 Å². The first-order chi connectivity index (χ1) is 29.6. The van der Waals surface area contributed by atoms with Crippen LogP contribution in [-0.4, -0.2) is 71.7 Å². The van der Waals surface area contributed by atoms with Gasteiger partial charge in [-0.05, 0) is 38.5 Å². The number of aliphatic hydroxyl groups is 2. The molecule has 4 atom stereocenters. The molecule has 0 bridgehead atoms. The average Bonchev–Trinajstić information content (AvgIpc) is 3.24. The van der Waals surface area contributed by atoms with Crippen molar-refractivity contribution in [3.8, 4) is 0 Å². The van der Waals surface area contributed by atoms with E-state index in [1.54, 1.807) is 36.5 Å². The Morgan fingerprint density at radius 1 is 0.590 bits per heavy atom. The van der Waals surface area contributed by atoms with Crippen LogP contribution in [0.15, 0.2) is 72.9 Å². The molecule has 0 heterocycles. The molecule has 0 fully saturated rings. The van der Waals surface area contributed by atoms with Crippen molar-refractivity contribution in [2.75, 3.05) is 26.4 Å². The highest BCUT2D eigenvalue weighted by Crippen LogP contribution is 2.43. The normalized spacial score (nSPS) is 14.9. The van der Waals surface area contributed by atoms with Crippen molar-refractivity contribution in [1.29, 1.82) is 0 Å². The van der Waals surface area contributed by atoms with E-state index in [0.29, 0.717) is 32.1 Å². The Morgan fingerprint density at radius 3 is 1.59 bits per heavy atom. The molecule has 0 aromatic heterocycles. The predicted octanol–water partition coefficient (Wildman–Crippen LogP) is 11.8. The Morgan fingerprint density at radius 2 is 1.08 bits per heavy atom. The standard InChI is InChI=1S/C49H86NO10P/c1-3-5-7-8-9-10-11-12-13-14-15-16-17-18-19-20-21-26-34-40-49(54)60-47(44-59-61(55,56)58-42-41-50)43-57-48(53)39-33-25-23-22-24-30-36-46(52)38-32-28-27-31-37-45(51)35-29-6-4-2/h6,23-25,27-32,37-38,45-47,51-52H,3-5,7-22,26,33-36,39-44,50H2,1-2H3,(H,55,56)/b25-23-,28-27-,29-6-,30-24-,37-31+,38-32+/t45-,46+,47-/m1/s1. The highest BCUT2D eigenvalue weighted by molar-refractivity contribution is 7.47. The Balaban J connectivity index is 4.31. The van der Waals surface area contributed by atoms with E-state index in [-0.39, 0.29) is 32.6 Å². The molecule has 352 valence electrons. The van der Waals surface area contributed by atoms with E-state index in [9.17, 15) is 29.3 Å². The van der Waals surface area contributed by atoms with E-state index in [1.165, 1.54) is 96.3 Å². The number of carbonyl (C=O) groups excluding carboxylic acids is 2. The van der Waals surface area contributed by atoms with Crippen LogP contribution in [0.3, 0.4) is 0 Å². The molecule has 1 unspecified atom stereocenters. The van der Waals surface area contributed by atoms with Gasteiger partial charge in [-0.25, -0.2) is 4.57 Å². The zero-order chi connectivity index (χ0) is 44.9. The maximum atomic E-state index is 12.6. The lowest BCUT2D eigenvalue weighted by Crippen LogP contribution is -2.29. The van der Waals surface area contributed by atoms with Crippen molar-refractivity contribution in [3.63, 3.8) is 0 Å². The number of nitrogens with two attached hydrogens (primary N) is 1. The molecule has 0 saturated heterocycles. The number of phosphoric acid groups is 1. The van der Waals surface area contributed by atoms with Gasteiger partial charge in [-0.15, -0.1) is 0 Å². The molecule has 0 aliphatic carbocycles. The minimum absolute atomic E-state index is 0.0252. The number of rotatable bonds is 43. The molecular weight excluding hydrogens is 794 g/mol. The Labute approximate surface area is 370 Å². The summed E-state index contributed by atoms with van der Waals surface area (Å²) in [6.45, 7) is 3.35. The second-order valence-corrected chi connectivity index (χ2v) is 17.1. The molecule has 5 N–H and O–H groups in total. The fraction of sp³-hybridized carbons (Fsp3) is 0.714. The largest absolute Gasteiger partial charge is 0.472 e. The summed E-state index contributed by atoms with van der Waals surface area (Å²) in [5.74, 6) is -0.994. The van der Waals surface area contributed by atoms with Gasteiger partial charge in [-0.1, -0.05) is 202 Å². The first-order valence-corrected chi connectivity index (χ1v) is 25.1. The van der Waals surface area contributed by atoms with E-state index >= 15 is 0 Å². The van der Waals surface area contributed by atoms with Gasteiger partial charge in [0.15, 0.2) is 6.10 Å². The fourth-order valence-corrected chi connectivity index (χ4v) is 7.01. The third-order valence-corrected chi connectivity index (χ3v) is 10.8. The van der Waals surface area contributed by atoms with Gasteiger partial charge in [0.2, 0.25) is 0 Å². The van der Waals surface area contributed by atoms with Crippen LogP contribution in [0, 0.1) is 0 Å². The fourth-order valence-electron chi connectivity index (χ4n) is 6.25. The van der Waals surface area contributed by atoms with Crippen molar-refractivity contribution in [2.24, 2.45) is 5.73 Å². The molecule has 0 amide bonds. The molecule has 0 saturated carbocycles. The van der Waals surface area contributed by atoms with Gasteiger partial charge in [0.05, 0.1) is 25.4 Å². The molecule has 0 radical (unpaired) electrons. The smallest absolute Gasteiger partial charge is 0.462 e. The first-order valence-electron chi connectivity index (χ1n) is 23.6. The maximum Gasteiger partial charge on any atom is 0.472 e.